The zero-order chi connectivity index (χ0) is 13.7. The minimum atomic E-state index is -0.0216. The normalized spacial score (nSPS) is 14.8. The third kappa shape index (κ3) is 4.72. The average molecular weight is 290 g/mol. The van der Waals surface area contributed by atoms with Crippen molar-refractivity contribution in [1.82, 2.24) is 10.2 Å². The molecule has 0 radical (unpaired) electrons. The number of aliphatic hydroxyl groups excluding tert-OH is 1. The van der Waals surface area contributed by atoms with Crippen molar-refractivity contribution in [3.05, 3.63) is 0 Å². The maximum absolute atomic E-state index is 9.43. The molecular formula is C11H22N4OS2. The molecule has 0 aliphatic carbocycles. The Hall–Kier alpha value is -0.370. The zero-order valence-corrected chi connectivity index (χ0v) is 13.0. The van der Waals surface area contributed by atoms with Crippen molar-refractivity contribution >= 4 is 28.2 Å². The van der Waals surface area contributed by atoms with Gasteiger partial charge in [-0.2, -0.15) is 0 Å². The largest absolute Gasteiger partial charge is 0.395 e. The number of aliphatic hydroxyl groups is 1. The van der Waals surface area contributed by atoms with Crippen LogP contribution < -0.4 is 10.6 Å². The third-order valence-electron chi connectivity index (χ3n) is 2.43. The van der Waals surface area contributed by atoms with Crippen LogP contribution in [0.4, 0.5) is 5.13 Å². The molecule has 0 saturated carbocycles. The van der Waals surface area contributed by atoms with Crippen LogP contribution in [0.15, 0.2) is 4.34 Å². The molecule has 0 fully saturated rings. The SMILES string of the molecule is CC(C)CC(N)C(CO)Sc1nnc(N(C)C)s1. The fourth-order valence-corrected chi connectivity index (χ4v) is 3.51. The second-order valence-electron chi connectivity index (χ2n) is 4.88. The second kappa shape index (κ2) is 7.28. The van der Waals surface area contributed by atoms with Crippen molar-refractivity contribution in [3.8, 4) is 0 Å². The summed E-state index contributed by atoms with van der Waals surface area (Å²) in [5.41, 5.74) is 6.11. The smallest absolute Gasteiger partial charge is 0.208 e. The van der Waals surface area contributed by atoms with Crippen LogP contribution in [0.3, 0.4) is 0 Å². The summed E-state index contributed by atoms with van der Waals surface area (Å²) in [7, 11) is 3.87. The van der Waals surface area contributed by atoms with E-state index in [0.29, 0.717) is 5.92 Å². The summed E-state index contributed by atoms with van der Waals surface area (Å²) in [5.74, 6) is 0.529. The Morgan fingerprint density at radius 3 is 2.50 bits per heavy atom. The number of thioether (sulfide) groups is 1. The second-order valence-corrected chi connectivity index (χ2v) is 7.32. The summed E-state index contributed by atoms with van der Waals surface area (Å²) in [6, 6.07) is -0.0216. The van der Waals surface area contributed by atoms with Gasteiger partial charge in [0.15, 0.2) is 4.34 Å². The van der Waals surface area contributed by atoms with Crippen LogP contribution in [0, 0.1) is 5.92 Å². The van der Waals surface area contributed by atoms with E-state index in [1.54, 1.807) is 0 Å². The first-order valence-electron chi connectivity index (χ1n) is 5.98. The van der Waals surface area contributed by atoms with Gasteiger partial charge in [-0.1, -0.05) is 36.9 Å². The number of aromatic nitrogens is 2. The number of nitrogens with two attached hydrogens (primary N) is 1. The average Bonchev–Trinajstić information content (AvgIpc) is 2.73. The van der Waals surface area contributed by atoms with Crippen molar-refractivity contribution in [2.24, 2.45) is 11.7 Å². The molecule has 7 heteroatoms. The molecule has 2 unspecified atom stereocenters. The van der Waals surface area contributed by atoms with Crippen molar-refractivity contribution in [2.75, 3.05) is 25.6 Å². The van der Waals surface area contributed by atoms with Crippen LogP contribution in [0.2, 0.25) is 0 Å². The summed E-state index contributed by atoms with van der Waals surface area (Å²) in [6.07, 6.45) is 0.900. The Balaban J connectivity index is 2.61. The first kappa shape index (κ1) is 15.7. The molecule has 104 valence electrons. The summed E-state index contributed by atoms with van der Waals surface area (Å²) >= 11 is 3.04. The van der Waals surface area contributed by atoms with E-state index in [0.717, 1.165) is 15.9 Å². The molecule has 5 nitrogen and oxygen atoms in total. The highest BCUT2D eigenvalue weighted by Crippen LogP contribution is 2.31. The van der Waals surface area contributed by atoms with E-state index >= 15 is 0 Å². The van der Waals surface area contributed by atoms with Gasteiger partial charge in [0.05, 0.1) is 11.9 Å². The van der Waals surface area contributed by atoms with Gasteiger partial charge in [0.1, 0.15) is 0 Å². The van der Waals surface area contributed by atoms with Crippen molar-refractivity contribution < 1.29 is 5.11 Å². The van der Waals surface area contributed by atoms with E-state index in [4.69, 9.17) is 5.73 Å². The Labute approximate surface area is 117 Å². The quantitative estimate of drug-likeness (QED) is 0.740. The fraction of sp³-hybridized carbons (Fsp3) is 0.818. The van der Waals surface area contributed by atoms with Gasteiger partial charge in [-0.05, 0) is 12.3 Å². The van der Waals surface area contributed by atoms with Crippen LogP contribution in [-0.4, -0.2) is 47.3 Å². The standard InChI is InChI=1S/C11H22N4OS2/c1-7(2)5-8(12)9(6-16)17-11-14-13-10(18-11)15(3)4/h7-9,16H,5-6,12H2,1-4H3. The van der Waals surface area contributed by atoms with Gasteiger partial charge in [0.2, 0.25) is 5.13 Å². The number of rotatable bonds is 7. The van der Waals surface area contributed by atoms with E-state index < -0.39 is 0 Å². The van der Waals surface area contributed by atoms with E-state index in [-0.39, 0.29) is 17.9 Å². The molecule has 1 heterocycles. The van der Waals surface area contributed by atoms with E-state index in [9.17, 15) is 5.11 Å². The highest BCUT2D eigenvalue weighted by atomic mass is 32.2. The molecule has 1 aromatic heterocycles. The predicted octanol–water partition coefficient (Wildman–Crippen LogP) is 1.43. The van der Waals surface area contributed by atoms with Gasteiger partial charge in [0, 0.05) is 20.1 Å². The lowest BCUT2D eigenvalue weighted by molar-refractivity contribution is 0.275. The van der Waals surface area contributed by atoms with Crippen molar-refractivity contribution in [3.63, 3.8) is 0 Å². The third-order valence-corrected chi connectivity index (χ3v) is 4.94. The van der Waals surface area contributed by atoms with Crippen molar-refractivity contribution in [2.45, 2.75) is 35.9 Å². The molecule has 0 saturated heterocycles. The van der Waals surface area contributed by atoms with Crippen LogP contribution in [-0.2, 0) is 0 Å². The van der Waals surface area contributed by atoms with Crippen LogP contribution in [0.25, 0.3) is 0 Å². The highest BCUT2D eigenvalue weighted by Gasteiger charge is 2.21. The number of hydrogen-bond donors (Lipinski definition) is 2. The van der Waals surface area contributed by atoms with Crippen molar-refractivity contribution in [1.29, 1.82) is 0 Å². The van der Waals surface area contributed by atoms with Crippen LogP contribution in [0.1, 0.15) is 20.3 Å². The number of nitrogens with zero attached hydrogens (tertiary/aromatic N) is 3. The van der Waals surface area contributed by atoms with Gasteiger partial charge in [-0.3, -0.25) is 0 Å². The molecule has 0 aromatic carbocycles. The highest BCUT2D eigenvalue weighted by molar-refractivity contribution is 8.01. The van der Waals surface area contributed by atoms with Crippen LogP contribution >= 0.6 is 23.1 Å². The van der Waals surface area contributed by atoms with Gasteiger partial charge in [0.25, 0.3) is 0 Å². The van der Waals surface area contributed by atoms with E-state index in [2.05, 4.69) is 24.0 Å². The van der Waals surface area contributed by atoms with E-state index in [1.807, 2.05) is 19.0 Å². The molecule has 0 aliphatic heterocycles. The minimum absolute atomic E-state index is 0.0182. The van der Waals surface area contributed by atoms with Gasteiger partial charge >= 0.3 is 0 Å². The Kier molecular flexibility index (Phi) is 6.34. The van der Waals surface area contributed by atoms with Crippen LogP contribution in [0.5, 0.6) is 0 Å². The van der Waals surface area contributed by atoms with Gasteiger partial charge in [-0.15, -0.1) is 10.2 Å². The number of anilines is 1. The zero-order valence-electron chi connectivity index (χ0n) is 11.3. The molecule has 0 spiro atoms. The first-order valence-corrected chi connectivity index (χ1v) is 7.67. The lowest BCUT2D eigenvalue weighted by Gasteiger charge is -2.21. The molecule has 0 bridgehead atoms. The Morgan fingerprint density at radius 2 is 2.06 bits per heavy atom. The lowest BCUT2D eigenvalue weighted by Crippen LogP contribution is -2.36. The first-order chi connectivity index (χ1) is 8.43. The van der Waals surface area contributed by atoms with E-state index in [1.165, 1.54) is 23.1 Å². The molecule has 3 N–H and O–H groups in total. The number of hydrogen-bond acceptors (Lipinski definition) is 7. The predicted molar refractivity (Wildman–Crippen MR) is 78.4 cm³/mol. The molecular weight excluding hydrogens is 268 g/mol. The minimum Gasteiger partial charge on any atom is -0.395 e. The molecule has 0 aliphatic rings. The Morgan fingerprint density at radius 1 is 1.39 bits per heavy atom. The summed E-state index contributed by atoms with van der Waals surface area (Å²) in [6.45, 7) is 4.33. The lowest BCUT2D eigenvalue weighted by atomic mass is 10.0. The molecule has 18 heavy (non-hydrogen) atoms. The topological polar surface area (TPSA) is 75.3 Å². The summed E-state index contributed by atoms with van der Waals surface area (Å²) in [4.78, 5) is 1.92. The molecule has 2 atom stereocenters. The fourth-order valence-electron chi connectivity index (χ4n) is 1.52. The maximum atomic E-state index is 9.43. The van der Waals surface area contributed by atoms with Gasteiger partial charge in [-0.25, -0.2) is 0 Å². The molecule has 0 amide bonds. The maximum Gasteiger partial charge on any atom is 0.208 e. The molecule has 1 aromatic rings. The summed E-state index contributed by atoms with van der Waals surface area (Å²) in [5, 5.41) is 18.5. The monoisotopic (exact) mass is 290 g/mol. The molecule has 1 rings (SSSR count). The Bertz CT molecular complexity index is 357. The van der Waals surface area contributed by atoms with Gasteiger partial charge < -0.3 is 15.7 Å². The summed E-state index contributed by atoms with van der Waals surface area (Å²) < 4.78 is 0.858.